The van der Waals surface area contributed by atoms with Crippen molar-refractivity contribution in [1.82, 2.24) is 5.32 Å². The second-order valence-electron chi connectivity index (χ2n) is 6.18. The molecule has 0 unspecified atom stereocenters. The standard InChI is InChI=1S/C18H16N3O8S2/c1-19-11-3-5-13-10(7-11)8-16(31(26,27)28)17(18(13)22)21-20-14-6-4-12(29-2)9-15(14)30(23,24)25/h3-9,22H,1-2H3,(H,23,24,25)(H,26,27,28)/q+1. The van der Waals surface area contributed by atoms with Crippen molar-refractivity contribution >= 4 is 48.1 Å². The molecule has 0 aromatic heterocycles. The average molecular weight is 466 g/mol. The Morgan fingerprint density at radius 2 is 1.58 bits per heavy atom. The Morgan fingerprint density at radius 1 is 0.903 bits per heavy atom. The Bertz CT molecular complexity index is 1420. The fourth-order valence-corrected chi connectivity index (χ4v) is 4.08. The van der Waals surface area contributed by atoms with Crippen LogP contribution in [0.2, 0.25) is 0 Å². The van der Waals surface area contributed by atoms with Crippen LogP contribution < -0.4 is 10.1 Å². The average Bonchev–Trinajstić information content (AvgIpc) is 2.71. The first kappa shape index (κ1) is 22.6. The smallest absolute Gasteiger partial charge is 0.296 e. The van der Waals surface area contributed by atoms with E-state index in [2.05, 4.69) is 15.5 Å². The molecule has 0 fully saturated rings. The first-order valence-electron chi connectivity index (χ1n) is 8.40. The fraction of sp³-hybridized carbons (Fsp3) is 0.111. The number of benzene rings is 3. The van der Waals surface area contributed by atoms with Crippen molar-refractivity contribution in [3.8, 4) is 11.5 Å². The van der Waals surface area contributed by atoms with Crippen LogP contribution in [-0.2, 0) is 20.2 Å². The van der Waals surface area contributed by atoms with Crippen molar-refractivity contribution in [1.29, 1.82) is 0 Å². The molecule has 31 heavy (non-hydrogen) atoms. The molecule has 0 bridgehead atoms. The van der Waals surface area contributed by atoms with Gasteiger partial charge in [0.25, 0.3) is 20.2 Å². The van der Waals surface area contributed by atoms with Crippen LogP contribution in [0.25, 0.3) is 10.8 Å². The summed E-state index contributed by atoms with van der Waals surface area (Å²) in [6.07, 6.45) is 0. The van der Waals surface area contributed by atoms with E-state index in [1.54, 1.807) is 6.07 Å². The van der Waals surface area contributed by atoms with Crippen LogP contribution in [-0.4, -0.2) is 45.2 Å². The Labute approximate surface area is 177 Å². The van der Waals surface area contributed by atoms with E-state index >= 15 is 0 Å². The molecule has 0 aliphatic carbocycles. The fourth-order valence-electron chi connectivity index (χ4n) is 2.79. The summed E-state index contributed by atoms with van der Waals surface area (Å²) in [6, 6.07) is 9.08. The summed E-state index contributed by atoms with van der Waals surface area (Å²) >= 11 is 0. The predicted octanol–water partition coefficient (Wildman–Crippen LogP) is 3.33. The number of azo groups is 1. The van der Waals surface area contributed by atoms with E-state index in [-0.39, 0.29) is 22.2 Å². The van der Waals surface area contributed by atoms with Crippen LogP contribution in [0.4, 0.5) is 17.1 Å². The highest BCUT2D eigenvalue weighted by Crippen LogP contribution is 2.42. The lowest BCUT2D eigenvalue weighted by molar-refractivity contribution is 0.412. The first-order valence-corrected chi connectivity index (χ1v) is 11.3. The second-order valence-corrected chi connectivity index (χ2v) is 8.96. The SMILES string of the molecule is C[N+]c1ccc2c(O)c(N=Nc3ccc(OC)cc3S(=O)(=O)O)c(S(=O)(=O)O)cc2c1. The van der Waals surface area contributed by atoms with Gasteiger partial charge in [-0.2, -0.15) is 16.8 Å². The Balaban J connectivity index is 2.26. The van der Waals surface area contributed by atoms with Crippen LogP contribution in [0.5, 0.6) is 11.5 Å². The summed E-state index contributed by atoms with van der Waals surface area (Å²) in [5.74, 6) is -0.505. The lowest BCUT2D eigenvalue weighted by atomic mass is 10.1. The predicted molar refractivity (Wildman–Crippen MR) is 110 cm³/mol. The van der Waals surface area contributed by atoms with Crippen LogP contribution in [0.1, 0.15) is 0 Å². The zero-order valence-electron chi connectivity index (χ0n) is 16.1. The van der Waals surface area contributed by atoms with Crippen molar-refractivity contribution in [2.45, 2.75) is 9.79 Å². The van der Waals surface area contributed by atoms with Crippen molar-refractivity contribution in [2.24, 2.45) is 10.2 Å². The summed E-state index contributed by atoms with van der Waals surface area (Å²) in [4.78, 5) is -1.41. The molecule has 0 atom stereocenters. The molecular formula is C18H16N3O8S2+. The maximum absolute atomic E-state index is 11.9. The molecule has 0 heterocycles. The molecule has 0 amide bonds. The lowest BCUT2D eigenvalue weighted by Crippen LogP contribution is -2.00. The highest BCUT2D eigenvalue weighted by atomic mass is 32.2. The molecule has 0 spiro atoms. The van der Waals surface area contributed by atoms with Gasteiger partial charge in [-0.1, -0.05) is 0 Å². The van der Waals surface area contributed by atoms with Crippen LogP contribution in [0, 0.1) is 0 Å². The van der Waals surface area contributed by atoms with Crippen molar-refractivity contribution in [3.05, 3.63) is 42.5 Å². The number of hydrogen-bond donors (Lipinski definition) is 3. The Kier molecular flexibility index (Phi) is 5.98. The van der Waals surface area contributed by atoms with Crippen LogP contribution >= 0.6 is 0 Å². The zero-order chi connectivity index (χ0) is 23.0. The van der Waals surface area contributed by atoms with Crippen LogP contribution in [0.3, 0.4) is 0 Å². The number of phenols is 1. The second kappa shape index (κ2) is 8.20. The quantitative estimate of drug-likeness (QED) is 0.366. The van der Waals surface area contributed by atoms with Gasteiger partial charge in [0, 0.05) is 23.6 Å². The van der Waals surface area contributed by atoms with E-state index in [9.17, 15) is 31.0 Å². The lowest BCUT2D eigenvalue weighted by Gasteiger charge is -2.09. The number of methoxy groups -OCH3 is 1. The number of nitrogens with zero attached hydrogens (tertiary/aromatic N) is 3. The molecule has 0 saturated carbocycles. The summed E-state index contributed by atoms with van der Waals surface area (Å²) in [7, 11) is -6.78. The summed E-state index contributed by atoms with van der Waals surface area (Å²) in [5.41, 5.74) is -0.476. The maximum atomic E-state index is 11.9. The van der Waals surface area contributed by atoms with Gasteiger partial charge >= 0.3 is 0 Å². The molecule has 3 rings (SSSR count). The monoisotopic (exact) mass is 466 g/mol. The van der Waals surface area contributed by atoms with Gasteiger partial charge in [0.1, 0.15) is 26.9 Å². The Hall–Kier alpha value is -3.10. The van der Waals surface area contributed by atoms with Crippen molar-refractivity contribution in [3.63, 3.8) is 0 Å². The van der Waals surface area contributed by atoms with E-state index in [1.165, 1.54) is 32.4 Å². The summed E-state index contributed by atoms with van der Waals surface area (Å²) in [6.45, 7) is 0. The Morgan fingerprint density at radius 3 is 2.16 bits per heavy atom. The third-order valence-electron chi connectivity index (χ3n) is 4.27. The van der Waals surface area contributed by atoms with Crippen molar-refractivity contribution < 1.29 is 35.8 Å². The molecule has 162 valence electrons. The number of rotatable bonds is 6. The normalized spacial score (nSPS) is 12.5. The summed E-state index contributed by atoms with van der Waals surface area (Å²) < 4.78 is 71.1. The molecule has 13 heteroatoms. The van der Waals surface area contributed by atoms with Gasteiger partial charge in [0.15, 0.2) is 12.8 Å². The topological polar surface area (TPSA) is 177 Å². The minimum absolute atomic E-state index is 0.107. The molecule has 2 radical (unpaired) electrons. The maximum Gasteiger partial charge on any atom is 0.296 e. The van der Waals surface area contributed by atoms with Crippen molar-refractivity contribution in [2.75, 3.05) is 14.2 Å². The van der Waals surface area contributed by atoms with Gasteiger partial charge in [-0.15, -0.1) is 10.2 Å². The highest BCUT2D eigenvalue weighted by molar-refractivity contribution is 7.86. The molecule has 0 aliphatic rings. The van der Waals surface area contributed by atoms with Gasteiger partial charge in [0.05, 0.1) is 12.4 Å². The van der Waals surface area contributed by atoms with E-state index in [1.807, 2.05) is 0 Å². The van der Waals surface area contributed by atoms with Gasteiger partial charge < -0.3 is 9.84 Å². The highest BCUT2D eigenvalue weighted by Gasteiger charge is 2.23. The van der Waals surface area contributed by atoms with Gasteiger partial charge in [-0.25, -0.2) is 0 Å². The van der Waals surface area contributed by atoms with Gasteiger partial charge in [0.2, 0.25) is 5.69 Å². The van der Waals surface area contributed by atoms with E-state index < -0.39 is 41.5 Å². The number of aromatic hydroxyl groups is 1. The minimum Gasteiger partial charge on any atom is -0.505 e. The largest absolute Gasteiger partial charge is 0.505 e. The number of ether oxygens (including phenoxy) is 1. The zero-order valence-corrected chi connectivity index (χ0v) is 17.7. The minimum atomic E-state index is -4.85. The van der Waals surface area contributed by atoms with Gasteiger partial charge in [-0.05, 0) is 29.7 Å². The molecule has 0 saturated heterocycles. The third kappa shape index (κ3) is 4.65. The number of fused-ring (bicyclic) bond motifs is 1. The number of hydrogen-bond acceptors (Lipinski definition) is 8. The van der Waals surface area contributed by atoms with E-state index in [0.29, 0.717) is 5.69 Å². The summed E-state index contributed by atoms with van der Waals surface area (Å²) in [5, 5.41) is 22.3. The van der Waals surface area contributed by atoms with E-state index in [4.69, 9.17) is 4.74 Å². The van der Waals surface area contributed by atoms with Gasteiger partial charge in [-0.3, -0.25) is 9.11 Å². The third-order valence-corrected chi connectivity index (χ3v) is 6.02. The molecule has 3 aromatic rings. The van der Waals surface area contributed by atoms with E-state index in [0.717, 1.165) is 18.2 Å². The first-order chi connectivity index (χ1) is 14.5. The molecule has 0 aliphatic heterocycles. The number of phenolic OH excluding ortho intramolecular Hbond substituents is 1. The molecular weight excluding hydrogens is 450 g/mol. The molecule has 3 aromatic carbocycles. The molecule has 11 nitrogen and oxygen atoms in total. The molecule has 3 N–H and O–H groups in total. The van der Waals surface area contributed by atoms with Crippen LogP contribution in [0.15, 0.2) is 62.5 Å².